The Kier molecular flexibility index (Phi) is 3.02. The van der Waals surface area contributed by atoms with E-state index in [4.69, 9.17) is 0 Å². The number of pyridine rings is 1. The average Bonchev–Trinajstić information content (AvgIpc) is 2.46. The van der Waals surface area contributed by atoms with Crippen LogP contribution in [0.25, 0.3) is 22.0 Å². The summed E-state index contributed by atoms with van der Waals surface area (Å²) < 4.78 is 0. The Hall–Kier alpha value is -2.19. The van der Waals surface area contributed by atoms with Gasteiger partial charge < -0.3 is 5.11 Å². The molecule has 1 aromatic heterocycles. The van der Waals surface area contributed by atoms with Gasteiger partial charge in [0.2, 0.25) is 0 Å². The van der Waals surface area contributed by atoms with Crippen molar-refractivity contribution in [2.24, 2.45) is 0 Å². The summed E-state index contributed by atoms with van der Waals surface area (Å²) in [6.45, 7) is 2.14. The highest BCUT2D eigenvalue weighted by Gasteiger charge is 2.03. The Bertz CT molecular complexity index is 734. The summed E-state index contributed by atoms with van der Waals surface area (Å²) in [6.07, 6.45) is 1.72. The smallest absolute Gasteiger partial charge is 0.0702 e. The minimum Gasteiger partial charge on any atom is -0.392 e. The van der Waals surface area contributed by atoms with Gasteiger partial charge in [0.1, 0.15) is 0 Å². The highest BCUT2D eigenvalue weighted by Crippen LogP contribution is 2.26. The molecule has 0 saturated heterocycles. The molecule has 0 radical (unpaired) electrons. The van der Waals surface area contributed by atoms with Crippen molar-refractivity contribution in [2.75, 3.05) is 0 Å². The lowest BCUT2D eigenvalue weighted by atomic mass is 9.99. The van der Waals surface area contributed by atoms with Gasteiger partial charge in [-0.3, -0.25) is 4.98 Å². The largest absolute Gasteiger partial charge is 0.392 e. The zero-order chi connectivity index (χ0) is 13.2. The number of aromatic nitrogens is 1. The van der Waals surface area contributed by atoms with E-state index in [2.05, 4.69) is 42.2 Å². The van der Waals surface area contributed by atoms with Crippen LogP contribution in [0.15, 0.2) is 54.7 Å². The van der Waals surface area contributed by atoms with Crippen LogP contribution in [0, 0.1) is 6.92 Å². The van der Waals surface area contributed by atoms with E-state index < -0.39 is 0 Å². The molecule has 0 bridgehead atoms. The molecular weight excluding hydrogens is 234 g/mol. The quantitative estimate of drug-likeness (QED) is 0.751. The average molecular weight is 249 g/mol. The molecule has 2 heteroatoms. The predicted molar refractivity (Wildman–Crippen MR) is 77.8 cm³/mol. The van der Waals surface area contributed by atoms with Gasteiger partial charge in [-0.15, -0.1) is 0 Å². The van der Waals surface area contributed by atoms with Crippen molar-refractivity contribution in [1.29, 1.82) is 0 Å². The van der Waals surface area contributed by atoms with Crippen LogP contribution in [-0.4, -0.2) is 10.1 Å². The first-order valence-electron chi connectivity index (χ1n) is 6.33. The van der Waals surface area contributed by atoms with Gasteiger partial charge in [-0.25, -0.2) is 0 Å². The van der Waals surface area contributed by atoms with Crippen molar-refractivity contribution in [3.05, 3.63) is 65.9 Å². The SMILES string of the molecule is Cc1ccccc1-c1ccc2ncc(CO)cc2c1. The van der Waals surface area contributed by atoms with Crippen molar-refractivity contribution >= 4 is 10.9 Å². The molecule has 0 aliphatic rings. The van der Waals surface area contributed by atoms with Gasteiger partial charge in [-0.1, -0.05) is 30.3 Å². The van der Waals surface area contributed by atoms with Crippen LogP contribution in [0.1, 0.15) is 11.1 Å². The molecule has 2 aromatic carbocycles. The van der Waals surface area contributed by atoms with E-state index >= 15 is 0 Å². The number of benzene rings is 2. The molecular formula is C17H15NO. The molecule has 0 spiro atoms. The highest BCUT2D eigenvalue weighted by atomic mass is 16.3. The van der Waals surface area contributed by atoms with Crippen LogP contribution in [0.3, 0.4) is 0 Å². The lowest BCUT2D eigenvalue weighted by Crippen LogP contribution is -1.88. The minimum atomic E-state index is 0.0253. The first-order valence-corrected chi connectivity index (χ1v) is 6.33. The van der Waals surface area contributed by atoms with Gasteiger partial charge >= 0.3 is 0 Å². The van der Waals surface area contributed by atoms with Crippen molar-refractivity contribution in [2.45, 2.75) is 13.5 Å². The van der Waals surface area contributed by atoms with Crippen LogP contribution in [0.4, 0.5) is 0 Å². The fourth-order valence-electron chi connectivity index (χ4n) is 2.33. The van der Waals surface area contributed by atoms with Gasteiger partial charge in [0.15, 0.2) is 0 Å². The van der Waals surface area contributed by atoms with Crippen molar-refractivity contribution in [1.82, 2.24) is 4.98 Å². The molecule has 0 amide bonds. The number of hydrogen-bond donors (Lipinski definition) is 1. The van der Waals surface area contributed by atoms with Gasteiger partial charge in [-0.05, 0) is 47.4 Å². The number of aliphatic hydroxyl groups excluding tert-OH is 1. The number of aliphatic hydroxyl groups is 1. The van der Waals surface area contributed by atoms with Crippen LogP contribution in [-0.2, 0) is 6.61 Å². The standard InChI is InChI=1S/C17H15NO/c1-12-4-2-3-5-16(12)14-6-7-17-15(9-14)8-13(11-19)10-18-17/h2-10,19H,11H2,1H3. The third kappa shape index (κ3) is 2.23. The Morgan fingerprint density at radius 3 is 2.68 bits per heavy atom. The Labute approximate surface area is 112 Å². The van der Waals surface area contributed by atoms with E-state index in [9.17, 15) is 5.11 Å². The summed E-state index contributed by atoms with van der Waals surface area (Å²) in [4.78, 5) is 4.35. The van der Waals surface area contributed by atoms with Crippen LogP contribution in [0.2, 0.25) is 0 Å². The van der Waals surface area contributed by atoms with E-state index in [-0.39, 0.29) is 6.61 Å². The van der Waals surface area contributed by atoms with E-state index in [1.807, 2.05) is 18.2 Å². The maximum Gasteiger partial charge on any atom is 0.0702 e. The lowest BCUT2D eigenvalue weighted by molar-refractivity contribution is 0.281. The van der Waals surface area contributed by atoms with Crippen molar-refractivity contribution in [3.63, 3.8) is 0 Å². The van der Waals surface area contributed by atoms with E-state index in [0.29, 0.717) is 0 Å². The molecule has 0 aliphatic heterocycles. The third-order valence-corrected chi connectivity index (χ3v) is 3.38. The molecule has 0 unspecified atom stereocenters. The fraction of sp³-hybridized carbons (Fsp3) is 0.118. The lowest BCUT2D eigenvalue weighted by Gasteiger charge is -2.07. The van der Waals surface area contributed by atoms with Gasteiger partial charge in [-0.2, -0.15) is 0 Å². The summed E-state index contributed by atoms with van der Waals surface area (Å²) in [5.41, 5.74) is 5.47. The second-order valence-corrected chi connectivity index (χ2v) is 4.72. The first kappa shape index (κ1) is 11.9. The molecule has 0 saturated carbocycles. The highest BCUT2D eigenvalue weighted by molar-refractivity contribution is 5.85. The van der Waals surface area contributed by atoms with Crippen LogP contribution < -0.4 is 0 Å². The third-order valence-electron chi connectivity index (χ3n) is 3.38. The fourth-order valence-corrected chi connectivity index (χ4v) is 2.33. The summed E-state index contributed by atoms with van der Waals surface area (Å²) in [7, 11) is 0. The molecule has 0 fully saturated rings. The molecule has 3 aromatic rings. The van der Waals surface area contributed by atoms with E-state index in [1.165, 1.54) is 16.7 Å². The molecule has 3 rings (SSSR count). The number of fused-ring (bicyclic) bond motifs is 1. The molecule has 1 heterocycles. The van der Waals surface area contributed by atoms with E-state index in [0.717, 1.165) is 16.5 Å². The van der Waals surface area contributed by atoms with Crippen LogP contribution in [0.5, 0.6) is 0 Å². The van der Waals surface area contributed by atoms with Gasteiger partial charge in [0, 0.05) is 11.6 Å². The first-order chi connectivity index (χ1) is 9.28. The number of rotatable bonds is 2. The second-order valence-electron chi connectivity index (χ2n) is 4.72. The second kappa shape index (κ2) is 4.82. The molecule has 0 aliphatic carbocycles. The monoisotopic (exact) mass is 249 g/mol. The summed E-state index contributed by atoms with van der Waals surface area (Å²) in [5.74, 6) is 0. The minimum absolute atomic E-state index is 0.0253. The van der Waals surface area contributed by atoms with Crippen molar-refractivity contribution in [3.8, 4) is 11.1 Å². The van der Waals surface area contributed by atoms with Crippen LogP contribution >= 0.6 is 0 Å². The summed E-state index contributed by atoms with van der Waals surface area (Å²) in [5, 5.41) is 10.2. The zero-order valence-corrected chi connectivity index (χ0v) is 10.8. The number of hydrogen-bond acceptors (Lipinski definition) is 2. The maximum absolute atomic E-state index is 9.19. The topological polar surface area (TPSA) is 33.1 Å². The number of nitrogens with zero attached hydrogens (tertiary/aromatic N) is 1. The van der Waals surface area contributed by atoms with Gasteiger partial charge in [0.25, 0.3) is 0 Å². The Balaban J connectivity index is 2.18. The van der Waals surface area contributed by atoms with E-state index in [1.54, 1.807) is 6.20 Å². The normalized spacial score (nSPS) is 10.8. The Morgan fingerprint density at radius 1 is 1.05 bits per heavy atom. The molecule has 19 heavy (non-hydrogen) atoms. The molecule has 2 nitrogen and oxygen atoms in total. The number of aryl methyl sites for hydroxylation is 1. The molecule has 1 N–H and O–H groups in total. The Morgan fingerprint density at radius 2 is 1.89 bits per heavy atom. The predicted octanol–water partition coefficient (Wildman–Crippen LogP) is 3.70. The summed E-state index contributed by atoms with van der Waals surface area (Å²) >= 11 is 0. The molecule has 94 valence electrons. The zero-order valence-electron chi connectivity index (χ0n) is 10.8. The van der Waals surface area contributed by atoms with Gasteiger partial charge in [0.05, 0.1) is 12.1 Å². The maximum atomic E-state index is 9.19. The van der Waals surface area contributed by atoms with Crippen molar-refractivity contribution < 1.29 is 5.11 Å². The molecule has 0 atom stereocenters. The summed E-state index contributed by atoms with van der Waals surface area (Å²) in [6, 6.07) is 16.6.